The van der Waals surface area contributed by atoms with Gasteiger partial charge in [-0.25, -0.2) is 0 Å². The summed E-state index contributed by atoms with van der Waals surface area (Å²) in [6, 6.07) is 8.75. The molecule has 1 aromatic rings. The molecule has 0 amide bonds. The third-order valence-electron chi connectivity index (χ3n) is 5.19. The van der Waals surface area contributed by atoms with E-state index in [2.05, 4.69) is 58.8 Å². The Labute approximate surface area is 188 Å². The quantitative estimate of drug-likeness (QED) is 0.218. The van der Waals surface area contributed by atoms with Crippen molar-refractivity contribution in [1.29, 1.82) is 0 Å². The van der Waals surface area contributed by atoms with E-state index in [0.717, 1.165) is 45.2 Å². The molecule has 0 aromatic heterocycles. The van der Waals surface area contributed by atoms with Gasteiger partial charge < -0.3 is 20.3 Å². The molecule has 0 saturated heterocycles. The fourth-order valence-electron chi connectivity index (χ4n) is 3.43. The molecule has 5 nitrogen and oxygen atoms in total. The van der Waals surface area contributed by atoms with Gasteiger partial charge in [-0.15, -0.1) is 24.0 Å². The number of hydrogen-bond acceptors (Lipinski definition) is 3. The van der Waals surface area contributed by atoms with E-state index in [1.165, 1.54) is 43.2 Å². The van der Waals surface area contributed by atoms with Crippen LogP contribution in [0.1, 0.15) is 56.6 Å². The van der Waals surface area contributed by atoms with Crippen molar-refractivity contribution in [3.63, 3.8) is 0 Å². The molecule has 0 aliphatic heterocycles. The second kappa shape index (κ2) is 15.0. The predicted octanol–water partition coefficient (Wildman–Crippen LogP) is 4.16. The highest BCUT2D eigenvalue weighted by Gasteiger charge is 2.12. The summed E-state index contributed by atoms with van der Waals surface area (Å²) in [4.78, 5) is 6.63. The Morgan fingerprint density at radius 1 is 1.18 bits per heavy atom. The molecule has 1 aliphatic carbocycles. The number of aliphatic imine (C=N–C) groups is 1. The molecule has 1 aromatic carbocycles. The van der Waals surface area contributed by atoms with Crippen LogP contribution in [0.15, 0.2) is 29.3 Å². The fraction of sp³-hybridized carbons (Fsp3) is 0.682. The maximum atomic E-state index is 5.98. The molecular formula is C22H39IN4O. The Morgan fingerprint density at radius 3 is 2.64 bits per heavy atom. The van der Waals surface area contributed by atoms with Gasteiger partial charge in [-0.05, 0) is 44.0 Å². The van der Waals surface area contributed by atoms with Crippen LogP contribution in [0.25, 0.3) is 0 Å². The second-order valence-electron chi connectivity index (χ2n) is 7.49. The summed E-state index contributed by atoms with van der Waals surface area (Å²) in [5, 5.41) is 6.79. The number of hydrogen-bond donors (Lipinski definition) is 2. The van der Waals surface area contributed by atoms with Crippen LogP contribution in [0.3, 0.4) is 0 Å². The minimum atomic E-state index is 0. The van der Waals surface area contributed by atoms with Gasteiger partial charge in [0.2, 0.25) is 0 Å². The van der Waals surface area contributed by atoms with E-state index in [9.17, 15) is 0 Å². The van der Waals surface area contributed by atoms with Crippen molar-refractivity contribution in [2.75, 3.05) is 33.8 Å². The zero-order valence-electron chi connectivity index (χ0n) is 17.9. The van der Waals surface area contributed by atoms with Crippen molar-refractivity contribution < 1.29 is 4.74 Å². The first kappa shape index (κ1) is 25.2. The molecule has 6 heteroatoms. The highest BCUT2D eigenvalue weighted by Crippen LogP contribution is 2.20. The van der Waals surface area contributed by atoms with Crippen molar-refractivity contribution in [1.82, 2.24) is 15.5 Å². The molecule has 0 radical (unpaired) electrons. The number of ether oxygens (including phenoxy) is 1. The SMILES string of the molecule is CCN(C)Cc1cccc(CNC(=NC)NCCCOC2CCCCC2)c1.I. The summed E-state index contributed by atoms with van der Waals surface area (Å²) in [6.45, 7) is 6.72. The van der Waals surface area contributed by atoms with Crippen LogP contribution in [0.4, 0.5) is 0 Å². The molecular weight excluding hydrogens is 463 g/mol. The number of guanidine groups is 1. The third kappa shape index (κ3) is 10.1. The van der Waals surface area contributed by atoms with E-state index < -0.39 is 0 Å². The maximum Gasteiger partial charge on any atom is 0.191 e. The van der Waals surface area contributed by atoms with E-state index >= 15 is 0 Å². The molecule has 28 heavy (non-hydrogen) atoms. The van der Waals surface area contributed by atoms with E-state index in [0.29, 0.717) is 6.10 Å². The fourth-order valence-corrected chi connectivity index (χ4v) is 3.43. The van der Waals surface area contributed by atoms with Gasteiger partial charge >= 0.3 is 0 Å². The normalized spacial score (nSPS) is 15.4. The minimum Gasteiger partial charge on any atom is -0.378 e. The summed E-state index contributed by atoms with van der Waals surface area (Å²) >= 11 is 0. The lowest BCUT2D eigenvalue weighted by Crippen LogP contribution is -2.37. The highest BCUT2D eigenvalue weighted by atomic mass is 127. The van der Waals surface area contributed by atoms with Crippen molar-refractivity contribution in [3.05, 3.63) is 35.4 Å². The summed E-state index contributed by atoms with van der Waals surface area (Å²) in [5.41, 5.74) is 2.63. The zero-order valence-corrected chi connectivity index (χ0v) is 20.2. The van der Waals surface area contributed by atoms with Crippen molar-refractivity contribution >= 4 is 29.9 Å². The lowest BCUT2D eigenvalue weighted by atomic mass is 9.98. The summed E-state index contributed by atoms with van der Waals surface area (Å²) in [5.74, 6) is 0.851. The number of rotatable bonds is 10. The first-order chi connectivity index (χ1) is 13.2. The number of benzene rings is 1. The minimum absolute atomic E-state index is 0. The van der Waals surface area contributed by atoms with E-state index in [1.807, 2.05) is 7.05 Å². The number of halogens is 1. The van der Waals surface area contributed by atoms with Gasteiger partial charge in [0.15, 0.2) is 5.96 Å². The first-order valence-electron chi connectivity index (χ1n) is 10.5. The predicted molar refractivity (Wildman–Crippen MR) is 130 cm³/mol. The Bertz CT molecular complexity index is 561. The van der Waals surface area contributed by atoms with Crippen LogP contribution in [0.5, 0.6) is 0 Å². The van der Waals surface area contributed by atoms with Gasteiger partial charge in [0.1, 0.15) is 0 Å². The van der Waals surface area contributed by atoms with Gasteiger partial charge in [0, 0.05) is 33.3 Å². The average molecular weight is 502 g/mol. The van der Waals surface area contributed by atoms with Crippen LogP contribution >= 0.6 is 24.0 Å². The average Bonchev–Trinajstić information content (AvgIpc) is 2.71. The standard InChI is InChI=1S/C22H38N4O.HI/c1-4-26(3)18-20-11-8-10-19(16-20)17-25-22(23-2)24-14-9-15-27-21-12-6-5-7-13-21;/h8,10-11,16,21H,4-7,9,12-15,17-18H2,1-3H3,(H2,23,24,25);1H. The van der Waals surface area contributed by atoms with Crippen molar-refractivity contribution in [2.24, 2.45) is 4.99 Å². The Kier molecular flexibility index (Phi) is 13.5. The molecule has 0 bridgehead atoms. The molecule has 160 valence electrons. The van der Waals surface area contributed by atoms with Gasteiger partial charge in [-0.3, -0.25) is 4.99 Å². The molecule has 1 fully saturated rings. The van der Waals surface area contributed by atoms with Gasteiger partial charge in [-0.1, -0.05) is 50.5 Å². The van der Waals surface area contributed by atoms with Crippen LogP contribution in [-0.2, 0) is 17.8 Å². The van der Waals surface area contributed by atoms with Gasteiger partial charge in [0.05, 0.1) is 6.10 Å². The van der Waals surface area contributed by atoms with Crippen LogP contribution in [-0.4, -0.2) is 50.8 Å². The summed E-state index contributed by atoms with van der Waals surface area (Å²) in [6.07, 6.45) is 8.02. The lowest BCUT2D eigenvalue weighted by Gasteiger charge is -2.22. The van der Waals surface area contributed by atoms with Crippen LogP contribution in [0, 0.1) is 0 Å². The van der Waals surface area contributed by atoms with Crippen molar-refractivity contribution in [3.8, 4) is 0 Å². The number of nitrogens with one attached hydrogen (secondary N) is 2. The maximum absolute atomic E-state index is 5.98. The highest BCUT2D eigenvalue weighted by molar-refractivity contribution is 14.0. The van der Waals surface area contributed by atoms with Crippen LogP contribution in [0.2, 0.25) is 0 Å². The summed E-state index contributed by atoms with van der Waals surface area (Å²) < 4.78 is 5.98. The molecule has 1 saturated carbocycles. The van der Waals surface area contributed by atoms with Crippen LogP contribution < -0.4 is 10.6 Å². The Balaban J connectivity index is 0.00000392. The molecule has 2 N–H and O–H groups in total. The molecule has 0 spiro atoms. The Hall–Kier alpha value is -0.860. The third-order valence-corrected chi connectivity index (χ3v) is 5.19. The monoisotopic (exact) mass is 502 g/mol. The second-order valence-corrected chi connectivity index (χ2v) is 7.49. The smallest absolute Gasteiger partial charge is 0.191 e. The number of nitrogens with zero attached hydrogens (tertiary/aromatic N) is 2. The molecule has 0 unspecified atom stereocenters. The molecule has 0 atom stereocenters. The first-order valence-corrected chi connectivity index (χ1v) is 10.5. The van der Waals surface area contributed by atoms with Gasteiger partial charge in [0.25, 0.3) is 0 Å². The zero-order chi connectivity index (χ0) is 19.3. The van der Waals surface area contributed by atoms with E-state index in [4.69, 9.17) is 4.74 Å². The van der Waals surface area contributed by atoms with E-state index in [1.54, 1.807) is 0 Å². The topological polar surface area (TPSA) is 48.9 Å². The van der Waals surface area contributed by atoms with Crippen molar-refractivity contribution in [2.45, 2.75) is 64.6 Å². The molecule has 0 heterocycles. The Morgan fingerprint density at radius 2 is 1.93 bits per heavy atom. The largest absolute Gasteiger partial charge is 0.378 e. The molecule has 2 rings (SSSR count). The lowest BCUT2D eigenvalue weighted by molar-refractivity contribution is 0.0277. The molecule has 1 aliphatic rings. The van der Waals surface area contributed by atoms with Gasteiger partial charge in [-0.2, -0.15) is 0 Å². The summed E-state index contributed by atoms with van der Waals surface area (Å²) in [7, 11) is 3.97. The van der Waals surface area contributed by atoms with E-state index in [-0.39, 0.29) is 24.0 Å².